The van der Waals surface area contributed by atoms with Gasteiger partial charge < -0.3 is 4.90 Å². The van der Waals surface area contributed by atoms with Crippen LogP contribution in [0.2, 0.25) is 0 Å². The quantitative estimate of drug-likeness (QED) is 0.913. The molecule has 0 saturated carbocycles. The van der Waals surface area contributed by atoms with E-state index in [2.05, 4.69) is 9.62 Å². The number of hydrogen-bond donors (Lipinski definition) is 1. The van der Waals surface area contributed by atoms with Gasteiger partial charge in [0, 0.05) is 24.5 Å². The van der Waals surface area contributed by atoms with Gasteiger partial charge in [0.05, 0.1) is 4.90 Å². The molecule has 1 heterocycles. The Hall–Kier alpha value is -2.08. The minimum atomic E-state index is -3.74. The van der Waals surface area contributed by atoms with Gasteiger partial charge in [-0.2, -0.15) is 0 Å². The number of nitrogens with zero attached hydrogens (tertiary/aromatic N) is 1. The molecule has 128 valence electrons. The van der Waals surface area contributed by atoms with Crippen LogP contribution in [0, 0.1) is 19.7 Å². The SMILES string of the molecule is Cc1cc(NS(=O)(=O)c2ccc(F)cc2C)ccc1N1CCCC1. The lowest BCUT2D eigenvalue weighted by molar-refractivity contribution is 0.598. The number of nitrogens with one attached hydrogen (secondary N) is 1. The van der Waals surface area contributed by atoms with E-state index in [1.807, 2.05) is 19.1 Å². The van der Waals surface area contributed by atoms with Crippen molar-refractivity contribution in [3.8, 4) is 0 Å². The summed E-state index contributed by atoms with van der Waals surface area (Å²) in [4.78, 5) is 2.41. The predicted octanol–water partition coefficient (Wildman–Crippen LogP) is 3.84. The Labute approximate surface area is 142 Å². The highest BCUT2D eigenvalue weighted by Crippen LogP contribution is 2.28. The van der Waals surface area contributed by atoms with Gasteiger partial charge in [-0.3, -0.25) is 4.72 Å². The normalized spacial score (nSPS) is 14.9. The molecular weight excluding hydrogens is 327 g/mol. The number of hydrogen-bond acceptors (Lipinski definition) is 3. The zero-order valence-corrected chi connectivity index (χ0v) is 14.7. The van der Waals surface area contributed by atoms with Crippen molar-refractivity contribution in [3.05, 3.63) is 53.3 Å². The van der Waals surface area contributed by atoms with Crippen molar-refractivity contribution in [2.24, 2.45) is 0 Å². The van der Waals surface area contributed by atoms with Gasteiger partial charge in [0.2, 0.25) is 0 Å². The second-order valence-corrected chi connectivity index (χ2v) is 7.86. The van der Waals surface area contributed by atoms with E-state index in [-0.39, 0.29) is 4.90 Å². The van der Waals surface area contributed by atoms with Crippen molar-refractivity contribution in [1.82, 2.24) is 0 Å². The van der Waals surface area contributed by atoms with Gasteiger partial charge >= 0.3 is 0 Å². The monoisotopic (exact) mass is 348 g/mol. The molecule has 0 unspecified atom stereocenters. The van der Waals surface area contributed by atoms with Gasteiger partial charge in [-0.25, -0.2) is 12.8 Å². The molecule has 0 atom stereocenters. The molecule has 1 aliphatic rings. The van der Waals surface area contributed by atoms with Crippen molar-refractivity contribution in [3.63, 3.8) is 0 Å². The summed E-state index contributed by atoms with van der Waals surface area (Å²) in [5, 5.41) is 0. The molecule has 24 heavy (non-hydrogen) atoms. The van der Waals surface area contributed by atoms with Crippen LogP contribution in [-0.4, -0.2) is 21.5 Å². The summed E-state index contributed by atoms with van der Waals surface area (Å²) in [6.07, 6.45) is 2.38. The van der Waals surface area contributed by atoms with Crippen LogP contribution in [0.1, 0.15) is 24.0 Å². The molecule has 0 radical (unpaired) electrons. The number of sulfonamides is 1. The summed E-state index contributed by atoms with van der Waals surface area (Å²) in [7, 11) is -3.74. The molecule has 1 fully saturated rings. The Kier molecular flexibility index (Phi) is 4.49. The minimum absolute atomic E-state index is 0.0881. The van der Waals surface area contributed by atoms with Crippen molar-refractivity contribution in [2.45, 2.75) is 31.6 Å². The van der Waals surface area contributed by atoms with E-state index in [4.69, 9.17) is 0 Å². The fourth-order valence-corrected chi connectivity index (χ4v) is 4.43. The molecule has 0 aromatic heterocycles. The van der Waals surface area contributed by atoms with E-state index in [1.165, 1.54) is 25.0 Å². The average Bonchev–Trinajstić information content (AvgIpc) is 3.00. The zero-order valence-electron chi connectivity index (χ0n) is 13.8. The fraction of sp³-hybridized carbons (Fsp3) is 0.333. The van der Waals surface area contributed by atoms with Gasteiger partial charge in [0.15, 0.2) is 0 Å². The first-order valence-electron chi connectivity index (χ1n) is 8.01. The highest BCUT2D eigenvalue weighted by Gasteiger charge is 2.19. The van der Waals surface area contributed by atoms with Crippen molar-refractivity contribution < 1.29 is 12.8 Å². The molecule has 2 aromatic carbocycles. The van der Waals surface area contributed by atoms with Crippen molar-refractivity contribution in [2.75, 3.05) is 22.7 Å². The number of halogens is 1. The minimum Gasteiger partial charge on any atom is -0.371 e. The molecule has 1 N–H and O–H groups in total. The van der Waals surface area contributed by atoms with Crippen LogP contribution in [0.4, 0.5) is 15.8 Å². The second-order valence-electron chi connectivity index (χ2n) is 6.21. The first kappa shape index (κ1) is 16.8. The molecule has 3 rings (SSSR count). The molecule has 1 aliphatic heterocycles. The summed E-state index contributed by atoms with van der Waals surface area (Å²) >= 11 is 0. The van der Waals surface area contributed by atoms with Gasteiger partial charge in [-0.05, 0) is 74.2 Å². The maximum atomic E-state index is 13.2. The number of rotatable bonds is 4. The first-order chi connectivity index (χ1) is 11.4. The lowest BCUT2D eigenvalue weighted by Gasteiger charge is -2.21. The highest BCUT2D eigenvalue weighted by atomic mass is 32.2. The summed E-state index contributed by atoms with van der Waals surface area (Å²) in [5.74, 6) is -0.447. The number of aryl methyl sites for hydroxylation is 2. The van der Waals surface area contributed by atoms with Crippen molar-refractivity contribution in [1.29, 1.82) is 0 Å². The largest absolute Gasteiger partial charge is 0.371 e. The van der Waals surface area contributed by atoms with Crippen LogP contribution >= 0.6 is 0 Å². The van der Waals surface area contributed by atoms with E-state index in [9.17, 15) is 12.8 Å². The Bertz CT molecular complexity index is 859. The van der Waals surface area contributed by atoms with E-state index in [0.717, 1.165) is 30.4 Å². The fourth-order valence-electron chi connectivity index (χ4n) is 3.16. The van der Waals surface area contributed by atoms with Crippen LogP contribution in [0.5, 0.6) is 0 Å². The predicted molar refractivity (Wildman–Crippen MR) is 94.6 cm³/mol. The molecule has 0 bridgehead atoms. The Morgan fingerprint density at radius 1 is 1.00 bits per heavy atom. The second kappa shape index (κ2) is 6.43. The molecule has 0 aliphatic carbocycles. The molecule has 0 spiro atoms. The average molecular weight is 348 g/mol. The van der Waals surface area contributed by atoms with Crippen LogP contribution in [0.25, 0.3) is 0 Å². The lowest BCUT2D eigenvalue weighted by Crippen LogP contribution is -2.19. The lowest BCUT2D eigenvalue weighted by atomic mass is 10.1. The standard InChI is InChI=1S/C18H21FN2O2S/c1-13-12-16(6-7-17(13)21-9-3-4-10-21)20-24(22,23)18-8-5-15(19)11-14(18)2/h5-8,11-12,20H,3-4,9-10H2,1-2H3. The van der Waals surface area contributed by atoms with Crippen LogP contribution in [0.15, 0.2) is 41.3 Å². The number of anilines is 2. The van der Waals surface area contributed by atoms with Gasteiger partial charge in [-0.1, -0.05) is 0 Å². The summed E-state index contributed by atoms with van der Waals surface area (Å²) in [6.45, 7) is 5.65. The topological polar surface area (TPSA) is 49.4 Å². The van der Waals surface area contributed by atoms with E-state index in [0.29, 0.717) is 11.3 Å². The molecule has 1 saturated heterocycles. The summed E-state index contributed by atoms with van der Waals surface area (Å²) in [6, 6.07) is 9.23. The first-order valence-corrected chi connectivity index (χ1v) is 9.50. The Morgan fingerprint density at radius 2 is 1.71 bits per heavy atom. The molecule has 4 nitrogen and oxygen atoms in total. The van der Waals surface area contributed by atoms with Gasteiger partial charge in [0.1, 0.15) is 5.82 Å². The summed E-state index contributed by atoms with van der Waals surface area (Å²) in [5.41, 5.74) is 3.08. The molecule has 6 heteroatoms. The van der Waals surface area contributed by atoms with Gasteiger partial charge in [0.25, 0.3) is 10.0 Å². The van der Waals surface area contributed by atoms with Crippen LogP contribution in [-0.2, 0) is 10.0 Å². The Balaban J connectivity index is 1.86. The smallest absolute Gasteiger partial charge is 0.262 e. The summed E-state index contributed by atoms with van der Waals surface area (Å²) < 4.78 is 40.9. The number of benzene rings is 2. The third kappa shape index (κ3) is 3.38. The zero-order chi connectivity index (χ0) is 17.3. The van der Waals surface area contributed by atoms with Gasteiger partial charge in [-0.15, -0.1) is 0 Å². The van der Waals surface area contributed by atoms with E-state index in [1.54, 1.807) is 13.0 Å². The molecule has 0 amide bonds. The van der Waals surface area contributed by atoms with Crippen LogP contribution in [0.3, 0.4) is 0 Å². The highest BCUT2D eigenvalue weighted by molar-refractivity contribution is 7.92. The van der Waals surface area contributed by atoms with E-state index < -0.39 is 15.8 Å². The maximum Gasteiger partial charge on any atom is 0.262 e. The maximum absolute atomic E-state index is 13.2. The third-order valence-corrected chi connectivity index (χ3v) is 5.86. The van der Waals surface area contributed by atoms with E-state index >= 15 is 0 Å². The molecule has 2 aromatic rings. The Morgan fingerprint density at radius 3 is 2.33 bits per heavy atom. The molecular formula is C18H21FN2O2S. The third-order valence-electron chi connectivity index (χ3n) is 4.32. The van der Waals surface area contributed by atoms with Crippen molar-refractivity contribution >= 4 is 21.4 Å². The van der Waals surface area contributed by atoms with Crippen LogP contribution < -0.4 is 9.62 Å².